The fraction of sp³-hybridized carbons (Fsp3) is 0.391. The summed E-state index contributed by atoms with van der Waals surface area (Å²) >= 11 is 0. The predicted octanol–water partition coefficient (Wildman–Crippen LogP) is 2.08. The fourth-order valence-electron chi connectivity index (χ4n) is 3.58. The third kappa shape index (κ3) is 4.99. The number of esters is 3. The Morgan fingerprint density at radius 2 is 1.47 bits per heavy atom. The van der Waals surface area contributed by atoms with Gasteiger partial charge in [0.15, 0.2) is 6.10 Å². The maximum Gasteiger partial charge on any atom is 0.336 e. The number of carbonyl (C=O) groups is 4. The van der Waals surface area contributed by atoms with E-state index in [0.717, 1.165) is 0 Å². The molecule has 0 bridgehead atoms. The van der Waals surface area contributed by atoms with Gasteiger partial charge in [-0.05, 0) is 39.8 Å². The van der Waals surface area contributed by atoms with E-state index in [0.29, 0.717) is 23.6 Å². The van der Waals surface area contributed by atoms with Gasteiger partial charge in [-0.1, -0.05) is 18.2 Å². The largest absolute Gasteiger partial charge is 0.466 e. The molecule has 1 atom stereocenters. The predicted molar refractivity (Wildman–Crippen MR) is 116 cm³/mol. The number of anilines is 1. The Morgan fingerprint density at radius 1 is 0.969 bits per heavy atom. The molecule has 32 heavy (non-hydrogen) atoms. The highest BCUT2D eigenvalue weighted by Gasteiger charge is 2.43. The van der Waals surface area contributed by atoms with Gasteiger partial charge in [0.1, 0.15) is 5.92 Å². The van der Waals surface area contributed by atoms with Crippen LogP contribution in [-0.4, -0.2) is 50.7 Å². The second-order valence-corrected chi connectivity index (χ2v) is 7.12. The molecule has 0 spiro atoms. The van der Waals surface area contributed by atoms with E-state index in [1.165, 1.54) is 26.0 Å². The maximum atomic E-state index is 13.2. The number of hydrogen-bond acceptors (Lipinski definition) is 8. The first kappa shape index (κ1) is 24.6. The second-order valence-electron chi connectivity index (χ2n) is 7.12. The van der Waals surface area contributed by atoms with E-state index in [4.69, 9.17) is 14.2 Å². The number of ether oxygens (including phenoxy) is 3. The summed E-state index contributed by atoms with van der Waals surface area (Å²) in [5.74, 6) is -4.38. The van der Waals surface area contributed by atoms with Crippen LogP contribution in [0.3, 0.4) is 0 Å². The van der Waals surface area contributed by atoms with Crippen LogP contribution in [0.2, 0.25) is 0 Å². The van der Waals surface area contributed by atoms with Crippen molar-refractivity contribution in [3.63, 3.8) is 0 Å². The lowest BCUT2D eigenvalue weighted by Gasteiger charge is -2.30. The number of amides is 1. The molecule has 1 aromatic carbocycles. The van der Waals surface area contributed by atoms with Crippen LogP contribution in [0.25, 0.3) is 0 Å². The van der Waals surface area contributed by atoms with E-state index in [9.17, 15) is 19.2 Å². The molecule has 172 valence electrons. The molecular weight excluding hydrogens is 416 g/mol. The van der Waals surface area contributed by atoms with Crippen molar-refractivity contribution < 1.29 is 33.4 Å². The minimum Gasteiger partial charge on any atom is -0.466 e. The number of para-hydroxylation sites is 1. The topological polar surface area (TPSA) is 111 Å². The van der Waals surface area contributed by atoms with Crippen molar-refractivity contribution in [2.75, 3.05) is 25.7 Å². The molecule has 1 N–H and O–H groups in total. The van der Waals surface area contributed by atoms with Gasteiger partial charge in [0, 0.05) is 23.6 Å². The minimum atomic E-state index is -1.40. The van der Waals surface area contributed by atoms with Crippen molar-refractivity contribution in [3.8, 4) is 0 Å². The molecule has 0 unspecified atom stereocenters. The van der Waals surface area contributed by atoms with Gasteiger partial charge < -0.3 is 24.4 Å². The van der Waals surface area contributed by atoms with E-state index >= 15 is 0 Å². The molecule has 1 aliphatic rings. The molecule has 0 saturated heterocycles. The molecule has 2 rings (SSSR count). The summed E-state index contributed by atoms with van der Waals surface area (Å²) in [6, 6.07) is 8.96. The van der Waals surface area contributed by atoms with E-state index in [2.05, 4.69) is 5.32 Å². The molecule has 0 radical (unpaired) electrons. The van der Waals surface area contributed by atoms with Crippen LogP contribution < -0.4 is 10.2 Å². The summed E-state index contributed by atoms with van der Waals surface area (Å²) in [5, 5.41) is 2.89. The van der Waals surface area contributed by atoms with Crippen molar-refractivity contribution in [1.82, 2.24) is 5.32 Å². The average molecular weight is 444 g/mol. The number of methoxy groups -OCH3 is 2. The van der Waals surface area contributed by atoms with Gasteiger partial charge in [0.05, 0.1) is 25.4 Å². The fourth-order valence-corrected chi connectivity index (χ4v) is 3.58. The summed E-state index contributed by atoms with van der Waals surface area (Å²) in [4.78, 5) is 52.6. The van der Waals surface area contributed by atoms with Gasteiger partial charge in [0.2, 0.25) is 0 Å². The summed E-state index contributed by atoms with van der Waals surface area (Å²) < 4.78 is 15.1. The molecule has 1 amide bonds. The lowest BCUT2D eigenvalue weighted by Crippen LogP contribution is -2.43. The van der Waals surface area contributed by atoms with Gasteiger partial charge in [-0.25, -0.2) is 9.59 Å². The van der Waals surface area contributed by atoms with E-state index < -0.39 is 35.8 Å². The monoisotopic (exact) mass is 444 g/mol. The molecule has 0 aliphatic carbocycles. The maximum absolute atomic E-state index is 13.2. The number of hydrogen-bond donors (Lipinski definition) is 1. The third-order valence-corrected chi connectivity index (χ3v) is 5.10. The van der Waals surface area contributed by atoms with Crippen molar-refractivity contribution in [1.29, 1.82) is 0 Å². The Balaban J connectivity index is 2.38. The smallest absolute Gasteiger partial charge is 0.336 e. The Bertz CT molecular complexity index is 928. The second kappa shape index (κ2) is 10.6. The zero-order valence-electron chi connectivity index (χ0n) is 19.1. The Morgan fingerprint density at radius 3 is 1.91 bits per heavy atom. The van der Waals surface area contributed by atoms with Crippen LogP contribution in [0.15, 0.2) is 52.9 Å². The van der Waals surface area contributed by atoms with Crippen LogP contribution in [0.5, 0.6) is 0 Å². The number of allylic oxidation sites excluding steroid dienone is 2. The van der Waals surface area contributed by atoms with Crippen LogP contribution in [0.4, 0.5) is 5.69 Å². The number of likely N-dealkylation sites (N-methyl/N-ethyl adjacent to an activating group) is 1. The zero-order chi connectivity index (χ0) is 24.0. The molecule has 0 aromatic heterocycles. The molecule has 9 nitrogen and oxygen atoms in total. The van der Waals surface area contributed by atoms with Crippen molar-refractivity contribution in [2.24, 2.45) is 5.92 Å². The Hall–Kier alpha value is -3.62. The van der Waals surface area contributed by atoms with Gasteiger partial charge in [-0.2, -0.15) is 0 Å². The number of nitrogens with zero attached hydrogens (tertiary/aromatic N) is 1. The highest BCUT2D eigenvalue weighted by Crippen LogP contribution is 2.32. The first-order valence-corrected chi connectivity index (χ1v) is 10.1. The Labute approximate surface area is 187 Å². The molecular formula is C23H28N2O7. The van der Waals surface area contributed by atoms with Crippen LogP contribution in [-0.2, 0) is 33.4 Å². The zero-order valence-corrected chi connectivity index (χ0v) is 19.1. The lowest BCUT2D eigenvalue weighted by molar-refractivity contribution is -0.158. The van der Waals surface area contributed by atoms with Gasteiger partial charge in [-0.3, -0.25) is 9.59 Å². The van der Waals surface area contributed by atoms with Crippen molar-refractivity contribution in [3.05, 3.63) is 52.9 Å². The Kier molecular flexibility index (Phi) is 8.17. The highest BCUT2D eigenvalue weighted by molar-refractivity contribution is 6.06. The van der Waals surface area contributed by atoms with Crippen LogP contribution >= 0.6 is 0 Å². The quantitative estimate of drug-likeness (QED) is 0.503. The summed E-state index contributed by atoms with van der Waals surface area (Å²) in [6.45, 7) is 6.75. The first-order valence-electron chi connectivity index (χ1n) is 10.1. The van der Waals surface area contributed by atoms with Crippen molar-refractivity contribution >= 4 is 29.5 Å². The summed E-state index contributed by atoms with van der Waals surface area (Å²) in [7, 11) is 2.33. The lowest BCUT2D eigenvalue weighted by atomic mass is 9.85. The normalized spacial score (nSPS) is 14.9. The summed E-state index contributed by atoms with van der Waals surface area (Å²) in [6.07, 6.45) is -1.17. The standard InChI is InChI=1S/C23H28N2O7/c1-7-25(16-11-9-8-10-12-16)20(26)15(4)32-23(29)19-17(21(27)30-5)13(2)24-14(3)18(19)22(28)31-6/h8-12,15,19,24H,7H2,1-6H3/t15-/m1/s1. The molecule has 0 fully saturated rings. The molecule has 1 heterocycles. The SMILES string of the molecule is CCN(C(=O)[C@@H](C)OC(=O)C1C(C(=O)OC)=C(C)NC(C)=C1C(=O)OC)c1ccccc1. The molecule has 1 aliphatic heterocycles. The third-order valence-electron chi connectivity index (χ3n) is 5.10. The van der Waals surface area contributed by atoms with Gasteiger partial charge in [0.25, 0.3) is 5.91 Å². The first-order chi connectivity index (χ1) is 15.2. The van der Waals surface area contributed by atoms with E-state index in [1.807, 2.05) is 6.07 Å². The minimum absolute atomic E-state index is 0.0847. The van der Waals surface area contributed by atoms with E-state index in [-0.39, 0.29) is 11.1 Å². The average Bonchev–Trinajstić information content (AvgIpc) is 2.78. The number of benzene rings is 1. The number of carbonyl (C=O) groups excluding carboxylic acids is 4. The number of dihydropyridines is 1. The van der Waals surface area contributed by atoms with Crippen LogP contribution in [0.1, 0.15) is 27.7 Å². The van der Waals surface area contributed by atoms with Crippen molar-refractivity contribution in [2.45, 2.75) is 33.8 Å². The molecule has 1 aromatic rings. The number of nitrogens with one attached hydrogen (secondary N) is 1. The van der Waals surface area contributed by atoms with Gasteiger partial charge >= 0.3 is 17.9 Å². The number of rotatable bonds is 7. The van der Waals surface area contributed by atoms with Gasteiger partial charge in [-0.15, -0.1) is 0 Å². The molecule has 9 heteroatoms. The summed E-state index contributed by atoms with van der Waals surface area (Å²) in [5.41, 5.74) is 1.16. The van der Waals surface area contributed by atoms with E-state index in [1.54, 1.807) is 45.0 Å². The van der Waals surface area contributed by atoms with Crippen LogP contribution in [0, 0.1) is 5.92 Å². The highest BCUT2D eigenvalue weighted by atomic mass is 16.6. The molecule has 0 saturated carbocycles.